The van der Waals surface area contributed by atoms with Crippen molar-refractivity contribution in [2.24, 2.45) is 0 Å². The van der Waals surface area contributed by atoms with Gasteiger partial charge in [-0.25, -0.2) is 4.98 Å². The Labute approximate surface area is 170 Å². The molecule has 4 aromatic rings. The SMILES string of the molecule is CON(c1ccc2ccccc2n1)S(=O)(=O)c1c(N(C)C)ccc2ccccc12. The summed E-state index contributed by atoms with van der Waals surface area (Å²) in [5.74, 6) is 0.198. The highest BCUT2D eigenvalue weighted by molar-refractivity contribution is 7.93. The van der Waals surface area contributed by atoms with E-state index in [2.05, 4.69) is 4.98 Å². The van der Waals surface area contributed by atoms with Gasteiger partial charge in [0.15, 0.2) is 5.82 Å². The van der Waals surface area contributed by atoms with E-state index in [1.54, 1.807) is 23.1 Å². The van der Waals surface area contributed by atoms with Gasteiger partial charge >= 0.3 is 0 Å². The summed E-state index contributed by atoms with van der Waals surface area (Å²) in [6, 6.07) is 22.1. The first kappa shape index (κ1) is 19.2. The molecule has 3 aromatic carbocycles. The molecule has 0 bridgehead atoms. The van der Waals surface area contributed by atoms with E-state index in [0.29, 0.717) is 16.6 Å². The Bertz CT molecular complexity index is 1300. The number of rotatable bonds is 5. The maximum atomic E-state index is 13.8. The number of benzene rings is 3. The Kier molecular flexibility index (Phi) is 4.86. The number of anilines is 2. The smallest absolute Gasteiger partial charge is 0.290 e. The van der Waals surface area contributed by atoms with Crippen LogP contribution >= 0.6 is 0 Å². The second kappa shape index (κ2) is 7.35. The molecule has 0 unspecified atom stereocenters. The van der Waals surface area contributed by atoms with Gasteiger partial charge in [0.25, 0.3) is 10.0 Å². The third kappa shape index (κ3) is 3.28. The Morgan fingerprint density at radius 2 is 1.48 bits per heavy atom. The van der Waals surface area contributed by atoms with Crippen molar-refractivity contribution in [1.29, 1.82) is 0 Å². The summed E-state index contributed by atoms with van der Waals surface area (Å²) >= 11 is 0. The number of fused-ring (bicyclic) bond motifs is 2. The number of sulfonamides is 1. The molecule has 0 aliphatic rings. The first-order chi connectivity index (χ1) is 13.9. The summed E-state index contributed by atoms with van der Waals surface area (Å²) in [6.45, 7) is 0. The van der Waals surface area contributed by atoms with Crippen molar-refractivity contribution < 1.29 is 13.3 Å². The van der Waals surface area contributed by atoms with E-state index in [1.807, 2.05) is 68.7 Å². The van der Waals surface area contributed by atoms with Crippen molar-refractivity contribution in [2.75, 3.05) is 30.6 Å². The fourth-order valence-corrected chi connectivity index (χ4v) is 5.10. The predicted octanol–water partition coefficient (Wildman–Crippen LogP) is 4.21. The summed E-state index contributed by atoms with van der Waals surface area (Å²) in [7, 11) is 0.888. The topological polar surface area (TPSA) is 62.7 Å². The van der Waals surface area contributed by atoms with E-state index in [1.165, 1.54) is 7.11 Å². The maximum absolute atomic E-state index is 13.8. The predicted molar refractivity (Wildman–Crippen MR) is 117 cm³/mol. The summed E-state index contributed by atoms with van der Waals surface area (Å²) in [4.78, 5) is 11.8. The van der Waals surface area contributed by atoms with Gasteiger partial charge in [0, 0.05) is 24.9 Å². The van der Waals surface area contributed by atoms with Crippen LogP contribution in [0.25, 0.3) is 21.7 Å². The quantitative estimate of drug-likeness (QED) is 0.464. The molecule has 1 aromatic heterocycles. The summed E-state index contributed by atoms with van der Waals surface area (Å²) in [5.41, 5.74) is 1.26. The van der Waals surface area contributed by atoms with Crippen molar-refractivity contribution >= 4 is 43.2 Å². The zero-order valence-corrected chi connectivity index (χ0v) is 17.2. The Morgan fingerprint density at radius 3 is 2.21 bits per heavy atom. The molecular formula is C22H21N3O3S. The lowest BCUT2D eigenvalue weighted by Crippen LogP contribution is -2.32. The van der Waals surface area contributed by atoms with Crippen molar-refractivity contribution in [2.45, 2.75) is 4.90 Å². The van der Waals surface area contributed by atoms with Crippen LogP contribution in [-0.4, -0.2) is 34.6 Å². The summed E-state index contributed by atoms with van der Waals surface area (Å²) in [5, 5.41) is 2.38. The first-order valence-corrected chi connectivity index (χ1v) is 10.5. The van der Waals surface area contributed by atoms with E-state index in [4.69, 9.17) is 4.84 Å². The molecule has 29 heavy (non-hydrogen) atoms. The molecule has 0 N–H and O–H groups in total. The molecule has 4 rings (SSSR count). The highest BCUT2D eigenvalue weighted by Gasteiger charge is 2.31. The Morgan fingerprint density at radius 1 is 0.828 bits per heavy atom. The molecule has 0 atom stereocenters. The average molecular weight is 407 g/mol. The molecular weight excluding hydrogens is 386 g/mol. The zero-order chi connectivity index (χ0) is 20.6. The lowest BCUT2D eigenvalue weighted by Gasteiger charge is -2.25. The molecule has 0 aliphatic heterocycles. The van der Waals surface area contributed by atoms with Crippen LogP contribution in [0.3, 0.4) is 0 Å². The lowest BCUT2D eigenvalue weighted by molar-refractivity contribution is 0.214. The molecule has 0 radical (unpaired) electrons. The van der Waals surface area contributed by atoms with Crippen LogP contribution in [0, 0.1) is 0 Å². The monoisotopic (exact) mass is 407 g/mol. The largest absolute Gasteiger partial charge is 0.377 e. The molecule has 0 spiro atoms. The van der Waals surface area contributed by atoms with Gasteiger partial charge in [0.05, 0.1) is 18.3 Å². The van der Waals surface area contributed by atoms with Gasteiger partial charge in [-0.05, 0) is 29.7 Å². The molecule has 7 heteroatoms. The highest BCUT2D eigenvalue weighted by atomic mass is 32.2. The van der Waals surface area contributed by atoms with Gasteiger partial charge in [-0.15, -0.1) is 4.47 Å². The van der Waals surface area contributed by atoms with Crippen LogP contribution < -0.4 is 9.37 Å². The van der Waals surface area contributed by atoms with E-state index in [9.17, 15) is 8.42 Å². The van der Waals surface area contributed by atoms with Crippen molar-refractivity contribution in [3.05, 3.63) is 72.8 Å². The van der Waals surface area contributed by atoms with Crippen LogP contribution in [0.5, 0.6) is 0 Å². The van der Waals surface area contributed by atoms with E-state index in [0.717, 1.165) is 15.2 Å². The third-order valence-electron chi connectivity index (χ3n) is 4.75. The molecule has 0 fully saturated rings. The molecule has 0 amide bonds. The average Bonchev–Trinajstić information content (AvgIpc) is 2.73. The van der Waals surface area contributed by atoms with Gasteiger partial charge in [0.1, 0.15) is 4.90 Å². The van der Waals surface area contributed by atoms with Crippen LogP contribution in [0.2, 0.25) is 0 Å². The second-order valence-electron chi connectivity index (χ2n) is 6.81. The molecule has 1 heterocycles. The van der Waals surface area contributed by atoms with Gasteiger partial charge in [0.2, 0.25) is 0 Å². The second-order valence-corrected chi connectivity index (χ2v) is 8.50. The standard InChI is InChI=1S/C22H21N3O3S/c1-24(2)20-14-12-16-8-4-6-10-18(16)22(20)29(26,27)25(28-3)21-15-13-17-9-5-7-11-19(17)23-21/h4-15H,1-3H3. The Balaban J connectivity index is 1.96. The number of para-hydroxylation sites is 1. The lowest BCUT2D eigenvalue weighted by atomic mass is 10.1. The van der Waals surface area contributed by atoms with Crippen molar-refractivity contribution in [3.8, 4) is 0 Å². The minimum absolute atomic E-state index is 0.178. The maximum Gasteiger partial charge on any atom is 0.290 e. The summed E-state index contributed by atoms with van der Waals surface area (Å²) in [6.07, 6.45) is 0. The highest BCUT2D eigenvalue weighted by Crippen LogP contribution is 2.35. The summed E-state index contributed by atoms with van der Waals surface area (Å²) < 4.78 is 28.4. The van der Waals surface area contributed by atoms with Crippen LogP contribution in [0.1, 0.15) is 0 Å². The molecule has 0 saturated carbocycles. The minimum Gasteiger partial charge on any atom is -0.377 e. The number of aromatic nitrogens is 1. The fourth-order valence-electron chi connectivity index (χ4n) is 3.41. The fraction of sp³-hybridized carbons (Fsp3) is 0.136. The minimum atomic E-state index is -4.07. The molecule has 6 nitrogen and oxygen atoms in total. The van der Waals surface area contributed by atoms with E-state index >= 15 is 0 Å². The number of pyridine rings is 1. The normalized spacial score (nSPS) is 11.7. The number of hydrogen-bond acceptors (Lipinski definition) is 5. The van der Waals surface area contributed by atoms with E-state index < -0.39 is 10.0 Å². The zero-order valence-electron chi connectivity index (χ0n) is 16.4. The van der Waals surface area contributed by atoms with Crippen molar-refractivity contribution in [1.82, 2.24) is 4.98 Å². The Hall–Kier alpha value is -3.16. The number of nitrogens with zero attached hydrogens (tertiary/aromatic N) is 3. The van der Waals surface area contributed by atoms with Crippen LogP contribution in [0.15, 0.2) is 77.7 Å². The van der Waals surface area contributed by atoms with E-state index in [-0.39, 0.29) is 10.7 Å². The number of hydrogen-bond donors (Lipinski definition) is 0. The van der Waals surface area contributed by atoms with Gasteiger partial charge in [-0.3, -0.25) is 4.84 Å². The molecule has 0 saturated heterocycles. The van der Waals surface area contributed by atoms with Crippen molar-refractivity contribution in [3.63, 3.8) is 0 Å². The van der Waals surface area contributed by atoms with Crippen LogP contribution in [-0.2, 0) is 14.9 Å². The van der Waals surface area contributed by atoms with Crippen LogP contribution in [0.4, 0.5) is 11.5 Å². The third-order valence-corrected chi connectivity index (χ3v) is 6.47. The van der Waals surface area contributed by atoms with Gasteiger partial charge in [-0.1, -0.05) is 48.5 Å². The van der Waals surface area contributed by atoms with Gasteiger partial charge in [-0.2, -0.15) is 8.42 Å². The van der Waals surface area contributed by atoms with Gasteiger partial charge < -0.3 is 4.90 Å². The molecule has 0 aliphatic carbocycles. The first-order valence-electron chi connectivity index (χ1n) is 9.08. The molecule has 148 valence electrons.